The second-order valence-electron chi connectivity index (χ2n) is 9.18. The number of nitrogens with zero attached hydrogens (tertiary/aromatic N) is 6. The first kappa shape index (κ1) is 21.9. The van der Waals surface area contributed by atoms with Crippen molar-refractivity contribution in [2.24, 2.45) is 5.92 Å². The van der Waals surface area contributed by atoms with E-state index in [2.05, 4.69) is 47.5 Å². The molecule has 4 aromatic rings. The van der Waals surface area contributed by atoms with Gasteiger partial charge >= 0.3 is 0 Å². The quantitative estimate of drug-likeness (QED) is 0.359. The Morgan fingerprint density at radius 2 is 1.76 bits per heavy atom. The van der Waals surface area contributed by atoms with E-state index in [1.807, 2.05) is 12.1 Å². The number of rotatable bonds is 8. The van der Waals surface area contributed by atoms with E-state index in [0.29, 0.717) is 35.7 Å². The summed E-state index contributed by atoms with van der Waals surface area (Å²) in [4.78, 5) is 21.5. The smallest absolute Gasteiger partial charge is 0.278 e. The van der Waals surface area contributed by atoms with Crippen molar-refractivity contribution in [2.75, 3.05) is 17.6 Å². The molecule has 0 spiro atoms. The lowest BCUT2D eigenvalue weighted by molar-refractivity contribution is 0.0944. The Morgan fingerprint density at radius 3 is 2.38 bits per heavy atom. The van der Waals surface area contributed by atoms with Crippen LogP contribution in [0.2, 0.25) is 0 Å². The molecule has 1 unspecified atom stereocenters. The highest BCUT2D eigenvalue weighted by Crippen LogP contribution is 2.46. The lowest BCUT2D eigenvalue weighted by Crippen LogP contribution is -2.29. The van der Waals surface area contributed by atoms with E-state index in [1.54, 1.807) is 38.6 Å². The van der Waals surface area contributed by atoms with Crippen LogP contribution < -0.4 is 11.1 Å². The van der Waals surface area contributed by atoms with Crippen LogP contribution in [-0.2, 0) is 0 Å². The lowest BCUT2D eigenvalue weighted by Gasteiger charge is -2.17. The highest BCUT2D eigenvalue weighted by Gasteiger charge is 2.36. The third kappa shape index (κ3) is 5.01. The minimum atomic E-state index is -0.847. The van der Waals surface area contributed by atoms with Crippen LogP contribution in [0.3, 0.4) is 0 Å². The number of benzene rings is 1. The third-order valence-corrected chi connectivity index (χ3v) is 5.66. The average Bonchev–Trinajstić information content (AvgIpc) is 3.54. The monoisotopic (exact) mass is 458 g/mol. The van der Waals surface area contributed by atoms with Crippen molar-refractivity contribution in [3.63, 3.8) is 0 Å². The molecule has 3 heterocycles. The third-order valence-electron chi connectivity index (χ3n) is 5.66. The Kier molecular flexibility index (Phi) is 5.66. The standard InChI is InChI=1S/C24H26N8O2/c1-24(2,33)13-30-19-12-26-18(11-27-19)22-31-21(32-34-22)20(16-7-8-16)15-5-3-14(4-6-15)17-9-28-23(25)29-10-17/h3-6,9-12,16,20,33H,7-8,13H2,1-2H3,(H,27,30)(H2,25,28,29). The first-order valence-electron chi connectivity index (χ1n) is 11.2. The molecule has 5 rings (SSSR count). The predicted molar refractivity (Wildman–Crippen MR) is 127 cm³/mol. The second kappa shape index (κ2) is 8.79. The maximum Gasteiger partial charge on any atom is 0.278 e. The highest BCUT2D eigenvalue weighted by atomic mass is 16.5. The number of nitrogens with one attached hydrogen (secondary N) is 1. The Morgan fingerprint density at radius 1 is 1.03 bits per heavy atom. The van der Waals surface area contributed by atoms with Gasteiger partial charge in [-0.25, -0.2) is 19.9 Å². The molecule has 0 aliphatic heterocycles. The van der Waals surface area contributed by atoms with Gasteiger partial charge in [0, 0.05) is 24.5 Å². The van der Waals surface area contributed by atoms with Crippen molar-refractivity contribution in [1.29, 1.82) is 0 Å². The van der Waals surface area contributed by atoms with Gasteiger partial charge in [0.1, 0.15) is 11.5 Å². The molecule has 0 bridgehead atoms. The first-order chi connectivity index (χ1) is 16.4. The van der Waals surface area contributed by atoms with E-state index >= 15 is 0 Å². The summed E-state index contributed by atoms with van der Waals surface area (Å²) in [5, 5.41) is 17.2. The normalized spacial score (nSPS) is 14.7. The van der Waals surface area contributed by atoms with Gasteiger partial charge in [-0.05, 0) is 43.7 Å². The summed E-state index contributed by atoms with van der Waals surface area (Å²) < 4.78 is 5.54. The molecule has 34 heavy (non-hydrogen) atoms. The molecule has 174 valence electrons. The van der Waals surface area contributed by atoms with Gasteiger partial charge in [0.05, 0.1) is 23.9 Å². The number of aromatic nitrogens is 6. The van der Waals surface area contributed by atoms with Crippen LogP contribution in [0.15, 0.2) is 53.6 Å². The molecule has 10 heteroatoms. The van der Waals surface area contributed by atoms with Crippen molar-refractivity contribution in [3.05, 3.63) is 60.4 Å². The number of nitrogen functional groups attached to an aromatic ring is 1. The zero-order valence-corrected chi connectivity index (χ0v) is 19.0. The zero-order valence-electron chi connectivity index (χ0n) is 19.0. The largest absolute Gasteiger partial charge is 0.389 e. The Balaban J connectivity index is 1.34. The van der Waals surface area contributed by atoms with Gasteiger partial charge in [0.15, 0.2) is 5.82 Å². The van der Waals surface area contributed by atoms with Crippen LogP contribution in [-0.4, -0.2) is 47.3 Å². The van der Waals surface area contributed by atoms with Crippen LogP contribution in [0.5, 0.6) is 0 Å². The fourth-order valence-electron chi connectivity index (χ4n) is 3.73. The minimum absolute atomic E-state index is 0.0508. The Bertz CT molecular complexity index is 1240. The van der Waals surface area contributed by atoms with Crippen LogP contribution in [0.4, 0.5) is 11.8 Å². The number of anilines is 2. The van der Waals surface area contributed by atoms with Crippen molar-refractivity contribution >= 4 is 11.8 Å². The van der Waals surface area contributed by atoms with Gasteiger partial charge in [-0.2, -0.15) is 4.98 Å². The van der Waals surface area contributed by atoms with Crippen molar-refractivity contribution in [1.82, 2.24) is 30.1 Å². The molecule has 10 nitrogen and oxygen atoms in total. The number of hydrogen-bond donors (Lipinski definition) is 3. The molecule has 1 aromatic carbocycles. The van der Waals surface area contributed by atoms with E-state index in [1.165, 1.54) is 0 Å². The van der Waals surface area contributed by atoms with Crippen LogP contribution >= 0.6 is 0 Å². The maximum absolute atomic E-state index is 9.84. The van der Waals surface area contributed by atoms with Crippen molar-refractivity contribution in [3.8, 4) is 22.7 Å². The second-order valence-corrected chi connectivity index (χ2v) is 9.18. The van der Waals surface area contributed by atoms with E-state index in [9.17, 15) is 5.11 Å². The molecule has 1 fully saturated rings. The van der Waals surface area contributed by atoms with Gasteiger partial charge in [-0.15, -0.1) is 0 Å². The topological polar surface area (TPSA) is 149 Å². The van der Waals surface area contributed by atoms with Crippen molar-refractivity contribution in [2.45, 2.75) is 38.2 Å². The van der Waals surface area contributed by atoms with Crippen LogP contribution in [0.1, 0.15) is 44.0 Å². The number of nitrogens with two attached hydrogens (primary N) is 1. The molecule has 0 radical (unpaired) electrons. The molecule has 1 aliphatic rings. The molecule has 0 amide bonds. The van der Waals surface area contributed by atoms with Gasteiger partial charge in [-0.1, -0.05) is 29.4 Å². The zero-order chi connectivity index (χ0) is 23.7. The van der Waals surface area contributed by atoms with Gasteiger partial charge in [0.2, 0.25) is 5.95 Å². The molecular weight excluding hydrogens is 432 g/mol. The molecule has 0 saturated heterocycles. The van der Waals surface area contributed by atoms with E-state index in [0.717, 1.165) is 29.5 Å². The molecule has 1 aliphatic carbocycles. The predicted octanol–water partition coefficient (Wildman–Crippen LogP) is 3.29. The molecule has 4 N–H and O–H groups in total. The summed E-state index contributed by atoms with van der Waals surface area (Å²) in [6, 6.07) is 8.28. The number of aliphatic hydroxyl groups is 1. The summed E-state index contributed by atoms with van der Waals surface area (Å²) in [7, 11) is 0. The van der Waals surface area contributed by atoms with Crippen LogP contribution in [0.25, 0.3) is 22.7 Å². The number of hydrogen-bond acceptors (Lipinski definition) is 10. The summed E-state index contributed by atoms with van der Waals surface area (Å²) >= 11 is 0. The molecule has 3 aromatic heterocycles. The van der Waals surface area contributed by atoms with E-state index < -0.39 is 5.60 Å². The Hall–Kier alpha value is -3.92. The first-order valence-corrected chi connectivity index (χ1v) is 11.2. The average molecular weight is 459 g/mol. The van der Waals surface area contributed by atoms with Crippen molar-refractivity contribution < 1.29 is 9.63 Å². The fraction of sp³-hybridized carbons (Fsp3) is 0.333. The Labute approximate surface area is 196 Å². The summed E-state index contributed by atoms with van der Waals surface area (Å²) in [6.45, 7) is 3.80. The summed E-state index contributed by atoms with van der Waals surface area (Å²) in [5.41, 5.74) is 8.30. The highest BCUT2D eigenvalue weighted by molar-refractivity contribution is 5.62. The maximum atomic E-state index is 9.84. The van der Waals surface area contributed by atoms with Crippen LogP contribution in [0, 0.1) is 5.92 Å². The SMILES string of the molecule is CC(C)(O)CNc1cnc(-c2nc(C(c3ccc(-c4cnc(N)nc4)cc3)C3CC3)no2)cn1. The molecule has 1 saturated carbocycles. The molecular formula is C24H26N8O2. The molecule has 1 atom stereocenters. The summed E-state index contributed by atoms with van der Waals surface area (Å²) in [6.07, 6.45) is 8.86. The lowest BCUT2D eigenvalue weighted by atomic mass is 9.92. The minimum Gasteiger partial charge on any atom is -0.389 e. The van der Waals surface area contributed by atoms with E-state index in [4.69, 9.17) is 10.3 Å². The van der Waals surface area contributed by atoms with E-state index in [-0.39, 0.29) is 11.9 Å². The van der Waals surface area contributed by atoms with Gasteiger partial charge in [0.25, 0.3) is 5.89 Å². The summed E-state index contributed by atoms with van der Waals surface area (Å²) in [5.74, 6) is 2.33. The van der Waals surface area contributed by atoms with Gasteiger partial charge in [-0.3, -0.25) is 0 Å². The van der Waals surface area contributed by atoms with Gasteiger partial charge < -0.3 is 20.7 Å². The fourth-order valence-corrected chi connectivity index (χ4v) is 3.73.